The van der Waals surface area contributed by atoms with Gasteiger partial charge in [0.25, 0.3) is 0 Å². The Balaban J connectivity index is 2.63. The molecular formula is C12H4Cl4F2O6S3. The van der Waals surface area contributed by atoms with Gasteiger partial charge in [-0.2, -0.15) is 16.8 Å². The van der Waals surface area contributed by atoms with Crippen LogP contribution in [0.25, 0.3) is 0 Å². The van der Waals surface area contributed by atoms with E-state index in [2.05, 4.69) is 8.37 Å². The Morgan fingerprint density at radius 3 is 1.33 bits per heavy atom. The Morgan fingerprint density at radius 1 is 0.704 bits per heavy atom. The average Bonchev–Trinajstić information content (AvgIpc) is 2.44. The van der Waals surface area contributed by atoms with Crippen LogP contribution in [0.4, 0.5) is 7.77 Å². The lowest BCUT2D eigenvalue weighted by molar-refractivity contribution is 0.434. The summed E-state index contributed by atoms with van der Waals surface area (Å²) in [6, 6.07) is 4.40. The zero-order valence-electron chi connectivity index (χ0n) is 12.3. The van der Waals surface area contributed by atoms with Crippen LogP contribution in [0.3, 0.4) is 0 Å². The third kappa shape index (κ3) is 6.70. The van der Waals surface area contributed by atoms with Gasteiger partial charge in [0.1, 0.15) is 0 Å². The number of hydrogen-bond donors (Lipinski definition) is 0. The van der Waals surface area contributed by atoms with Crippen LogP contribution in [0.15, 0.2) is 34.1 Å². The molecule has 0 saturated carbocycles. The predicted octanol–water partition coefficient (Wildman–Crippen LogP) is 5.64. The second-order valence-electron chi connectivity index (χ2n) is 4.48. The standard InChI is InChI=1S/C12H4Cl4F2O6S3/c13-5-1-7(15)11(23-26(17,19)20)9(3-5)25-10-4-6(14)2-8(16)12(10)24-27(18,21)22/h1-4H. The van der Waals surface area contributed by atoms with Crippen molar-refractivity contribution in [2.24, 2.45) is 0 Å². The van der Waals surface area contributed by atoms with Crippen molar-refractivity contribution in [2.45, 2.75) is 9.79 Å². The van der Waals surface area contributed by atoms with Crippen molar-refractivity contribution < 1.29 is 33.0 Å². The van der Waals surface area contributed by atoms with Crippen LogP contribution < -0.4 is 8.37 Å². The van der Waals surface area contributed by atoms with Crippen LogP contribution in [-0.4, -0.2) is 16.8 Å². The van der Waals surface area contributed by atoms with Crippen molar-refractivity contribution in [3.05, 3.63) is 44.4 Å². The summed E-state index contributed by atoms with van der Waals surface area (Å²) in [6.07, 6.45) is 0. The zero-order chi connectivity index (χ0) is 20.6. The van der Waals surface area contributed by atoms with Gasteiger partial charge in [0.2, 0.25) is 0 Å². The maximum absolute atomic E-state index is 13.0. The summed E-state index contributed by atoms with van der Waals surface area (Å²) in [5.41, 5.74) is 0. The minimum atomic E-state index is -5.46. The minimum absolute atomic E-state index is 0.000174. The van der Waals surface area contributed by atoms with E-state index in [0.29, 0.717) is 11.8 Å². The van der Waals surface area contributed by atoms with E-state index in [1.54, 1.807) is 0 Å². The first-order chi connectivity index (χ1) is 12.2. The van der Waals surface area contributed by atoms with E-state index in [1.165, 1.54) is 0 Å². The first-order valence-corrected chi connectivity index (χ1v) is 11.1. The van der Waals surface area contributed by atoms with E-state index in [1.807, 2.05) is 0 Å². The Morgan fingerprint density at radius 2 is 1.04 bits per heavy atom. The lowest BCUT2D eigenvalue weighted by atomic mass is 10.3. The molecule has 0 amide bonds. The molecule has 0 spiro atoms. The molecule has 27 heavy (non-hydrogen) atoms. The summed E-state index contributed by atoms with van der Waals surface area (Å²) < 4.78 is 77.6. The van der Waals surface area contributed by atoms with E-state index >= 15 is 0 Å². The SMILES string of the molecule is O=S(=O)(F)Oc1c(Cl)cc(Cl)cc1Sc1cc(Cl)cc(Cl)c1OS(=O)(=O)F. The Kier molecular flexibility index (Phi) is 6.99. The molecule has 2 aromatic carbocycles. The van der Waals surface area contributed by atoms with E-state index in [9.17, 15) is 24.6 Å². The molecule has 2 aromatic rings. The quantitative estimate of drug-likeness (QED) is 0.456. The topological polar surface area (TPSA) is 86.7 Å². The Bertz CT molecular complexity index is 1020. The first-order valence-electron chi connectivity index (χ1n) is 6.19. The molecule has 0 radical (unpaired) electrons. The van der Waals surface area contributed by atoms with Gasteiger partial charge in [-0.15, -0.1) is 0 Å². The predicted molar refractivity (Wildman–Crippen MR) is 98.4 cm³/mol. The van der Waals surface area contributed by atoms with Crippen LogP contribution in [0, 0.1) is 0 Å². The first kappa shape index (κ1) is 22.6. The Labute approximate surface area is 177 Å². The summed E-state index contributed by atoms with van der Waals surface area (Å²) in [7, 11) is -10.9. The molecule has 15 heteroatoms. The molecule has 0 saturated heterocycles. The van der Waals surface area contributed by atoms with Gasteiger partial charge in [-0.3, -0.25) is 0 Å². The molecule has 0 heterocycles. The van der Waals surface area contributed by atoms with Crippen molar-refractivity contribution in [3.63, 3.8) is 0 Å². The summed E-state index contributed by atoms with van der Waals surface area (Å²) in [5.74, 6) is -1.31. The fourth-order valence-corrected chi connectivity index (χ4v) is 5.06. The third-order valence-electron chi connectivity index (χ3n) is 2.53. The molecule has 0 N–H and O–H groups in total. The highest BCUT2D eigenvalue weighted by molar-refractivity contribution is 7.99. The van der Waals surface area contributed by atoms with Crippen LogP contribution in [-0.2, 0) is 21.0 Å². The molecule has 148 valence electrons. The summed E-state index contributed by atoms with van der Waals surface area (Å²) in [5, 5.41) is -0.750. The summed E-state index contributed by atoms with van der Waals surface area (Å²) in [4.78, 5) is -0.374. The maximum atomic E-state index is 13.0. The van der Waals surface area contributed by atoms with E-state index in [0.717, 1.165) is 24.3 Å². The molecule has 0 aliphatic rings. The summed E-state index contributed by atoms with van der Waals surface area (Å²) >= 11 is 23.8. The van der Waals surface area contributed by atoms with E-state index in [-0.39, 0.29) is 29.9 Å². The maximum Gasteiger partial charge on any atom is 0.488 e. The van der Waals surface area contributed by atoms with Gasteiger partial charge in [0, 0.05) is 10.0 Å². The second-order valence-corrected chi connectivity index (χ2v) is 9.16. The van der Waals surface area contributed by atoms with Crippen LogP contribution in [0.2, 0.25) is 20.1 Å². The lowest BCUT2D eigenvalue weighted by Gasteiger charge is -2.13. The lowest BCUT2D eigenvalue weighted by Crippen LogP contribution is -2.04. The fraction of sp³-hybridized carbons (Fsp3) is 0. The molecular weight excluding hydrogens is 516 g/mol. The van der Waals surface area contributed by atoms with Gasteiger partial charge in [-0.05, 0) is 24.3 Å². The molecule has 0 atom stereocenters. The molecule has 6 nitrogen and oxygen atoms in total. The largest absolute Gasteiger partial charge is 0.488 e. The van der Waals surface area contributed by atoms with Crippen molar-refractivity contribution in [2.75, 3.05) is 0 Å². The highest BCUT2D eigenvalue weighted by Crippen LogP contribution is 2.47. The van der Waals surface area contributed by atoms with Crippen molar-refractivity contribution >= 4 is 79.2 Å². The van der Waals surface area contributed by atoms with Crippen LogP contribution >= 0.6 is 58.2 Å². The number of benzene rings is 2. The number of halogens is 6. The van der Waals surface area contributed by atoms with Crippen molar-refractivity contribution in [3.8, 4) is 11.5 Å². The number of rotatable bonds is 6. The van der Waals surface area contributed by atoms with Gasteiger partial charge >= 0.3 is 21.0 Å². The van der Waals surface area contributed by atoms with E-state index < -0.39 is 32.5 Å². The van der Waals surface area contributed by atoms with Gasteiger partial charge in [0.15, 0.2) is 11.5 Å². The highest BCUT2D eigenvalue weighted by Gasteiger charge is 2.23. The normalized spacial score (nSPS) is 12.1. The Hall–Kier alpha value is -0.690. The van der Waals surface area contributed by atoms with Crippen LogP contribution in [0.5, 0.6) is 11.5 Å². The molecule has 0 unspecified atom stereocenters. The van der Waals surface area contributed by atoms with Crippen molar-refractivity contribution in [1.29, 1.82) is 0 Å². The molecule has 0 aliphatic heterocycles. The smallest absolute Gasteiger partial charge is 0.356 e. The minimum Gasteiger partial charge on any atom is -0.356 e. The monoisotopic (exact) mass is 518 g/mol. The van der Waals surface area contributed by atoms with Crippen molar-refractivity contribution in [1.82, 2.24) is 0 Å². The van der Waals surface area contributed by atoms with Gasteiger partial charge < -0.3 is 8.37 Å². The fourth-order valence-electron chi connectivity index (χ4n) is 1.70. The zero-order valence-corrected chi connectivity index (χ0v) is 17.7. The molecule has 0 aliphatic carbocycles. The van der Waals surface area contributed by atoms with Gasteiger partial charge in [0.05, 0.1) is 19.8 Å². The molecule has 0 fully saturated rings. The molecule has 0 aromatic heterocycles. The average molecular weight is 520 g/mol. The highest BCUT2D eigenvalue weighted by atomic mass is 35.5. The third-order valence-corrected chi connectivity index (χ3v) is 5.31. The van der Waals surface area contributed by atoms with Crippen LogP contribution in [0.1, 0.15) is 0 Å². The van der Waals surface area contributed by atoms with E-state index in [4.69, 9.17) is 46.4 Å². The summed E-state index contributed by atoms with van der Waals surface area (Å²) in [6.45, 7) is 0. The van der Waals surface area contributed by atoms with Gasteiger partial charge in [-0.25, -0.2) is 0 Å². The van der Waals surface area contributed by atoms with Gasteiger partial charge in [-0.1, -0.05) is 65.9 Å². The number of hydrogen-bond acceptors (Lipinski definition) is 7. The molecule has 0 bridgehead atoms. The second kappa shape index (κ2) is 8.36. The molecule has 2 rings (SSSR count).